The van der Waals surface area contributed by atoms with Crippen molar-refractivity contribution < 1.29 is 4.73 Å². The minimum absolute atomic E-state index is 0.506. The largest absolute Gasteiger partial charge is 0.618 e. The number of nitrogen functional groups attached to an aromatic ring is 1. The summed E-state index contributed by atoms with van der Waals surface area (Å²) in [6, 6.07) is 11.4. The van der Waals surface area contributed by atoms with E-state index in [1.165, 1.54) is 6.20 Å². The molecule has 1 aromatic carbocycles. The number of hydrogen-bond donors (Lipinski definition) is 1. The Bertz CT molecular complexity index is 670. The molecule has 4 heteroatoms. The van der Waals surface area contributed by atoms with Crippen molar-refractivity contribution in [3.8, 4) is 11.3 Å². The molecule has 2 aromatic heterocycles. The Morgan fingerprint density at radius 2 is 1.94 bits per heavy atom. The van der Waals surface area contributed by atoms with Crippen LogP contribution in [0.4, 0.5) is 5.69 Å². The van der Waals surface area contributed by atoms with E-state index in [0.717, 1.165) is 20.4 Å². The van der Waals surface area contributed by atoms with E-state index in [4.69, 9.17) is 5.73 Å². The zero-order chi connectivity index (χ0) is 11.8. The summed E-state index contributed by atoms with van der Waals surface area (Å²) in [5, 5.41) is 14.9. The highest BCUT2D eigenvalue weighted by atomic mass is 32.1. The van der Waals surface area contributed by atoms with Crippen LogP contribution in [0.2, 0.25) is 0 Å². The van der Waals surface area contributed by atoms with Gasteiger partial charge < -0.3 is 10.9 Å². The molecule has 2 heterocycles. The lowest BCUT2D eigenvalue weighted by Crippen LogP contribution is -2.29. The van der Waals surface area contributed by atoms with Crippen LogP contribution in [-0.4, -0.2) is 0 Å². The van der Waals surface area contributed by atoms with Crippen molar-refractivity contribution in [3.63, 3.8) is 0 Å². The number of aromatic nitrogens is 1. The highest BCUT2D eigenvalue weighted by Crippen LogP contribution is 2.34. The molecule has 0 radical (unpaired) electrons. The van der Waals surface area contributed by atoms with Gasteiger partial charge in [-0.3, -0.25) is 0 Å². The van der Waals surface area contributed by atoms with Crippen molar-refractivity contribution >= 4 is 27.1 Å². The van der Waals surface area contributed by atoms with Gasteiger partial charge in [-0.15, -0.1) is 11.3 Å². The number of thiophene rings is 1. The van der Waals surface area contributed by atoms with Gasteiger partial charge in [-0.25, -0.2) is 0 Å². The van der Waals surface area contributed by atoms with Crippen LogP contribution in [0.3, 0.4) is 0 Å². The first kappa shape index (κ1) is 10.1. The quantitative estimate of drug-likeness (QED) is 0.527. The average Bonchev–Trinajstić information content (AvgIpc) is 2.73. The van der Waals surface area contributed by atoms with Crippen molar-refractivity contribution in [2.75, 3.05) is 5.73 Å². The van der Waals surface area contributed by atoms with Crippen LogP contribution in [0, 0.1) is 5.21 Å². The summed E-state index contributed by atoms with van der Waals surface area (Å²) in [5.41, 5.74) is 7.83. The van der Waals surface area contributed by atoms with Gasteiger partial charge in [0.05, 0.1) is 5.56 Å². The molecule has 0 bridgehead atoms. The van der Waals surface area contributed by atoms with Crippen molar-refractivity contribution in [1.82, 2.24) is 0 Å². The molecule has 0 spiro atoms. The molecule has 3 rings (SSSR count). The van der Waals surface area contributed by atoms with Gasteiger partial charge in [0.25, 0.3) is 0 Å². The second kappa shape index (κ2) is 3.75. The number of fused-ring (bicyclic) bond motifs is 1. The SMILES string of the molecule is Nc1ccc[n+]([O-])c1-c1csc2ccccc12. The van der Waals surface area contributed by atoms with E-state index < -0.39 is 0 Å². The van der Waals surface area contributed by atoms with Gasteiger partial charge >= 0.3 is 0 Å². The van der Waals surface area contributed by atoms with Gasteiger partial charge in [-0.1, -0.05) is 18.2 Å². The fraction of sp³-hybridized carbons (Fsp3) is 0. The van der Waals surface area contributed by atoms with E-state index in [0.29, 0.717) is 11.4 Å². The molecule has 0 atom stereocenters. The normalized spacial score (nSPS) is 10.8. The van der Waals surface area contributed by atoms with E-state index >= 15 is 0 Å². The molecular weight excluding hydrogens is 232 g/mol. The van der Waals surface area contributed by atoms with Crippen LogP contribution in [0.5, 0.6) is 0 Å². The van der Waals surface area contributed by atoms with E-state index in [2.05, 4.69) is 0 Å². The molecule has 0 aliphatic carbocycles. The average molecular weight is 242 g/mol. The standard InChI is InChI=1S/C13H10N2OS/c14-11-5-3-7-15(16)13(11)10-8-17-12-6-2-1-4-9(10)12/h1-8H,14H2. The monoisotopic (exact) mass is 242 g/mol. The predicted octanol–water partition coefficient (Wildman–Crippen LogP) is 2.78. The summed E-state index contributed by atoms with van der Waals surface area (Å²) in [5.74, 6) is 0. The first-order valence-electron chi connectivity index (χ1n) is 5.21. The number of benzene rings is 1. The van der Waals surface area contributed by atoms with Gasteiger partial charge in [0, 0.05) is 21.5 Å². The highest BCUT2D eigenvalue weighted by Gasteiger charge is 2.16. The molecular formula is C13H10N2OS. The summed E-state index contributed by atoms with van der Waals surface area (Å²) in [4.78, 5) is 0. The Morgan fingerprint density at radius 3 is 2.76 bits per heavy atom. The second-order valence-electron chi connectivity index (χ2n) is 3.78. The molecule has 0 aliphatic rings. The summed E-state index contributed by atoms with van der Waals surface area (Å²) in [6.45, 7) is 0. The third kappa shape index (κ3) is 1.54. The minimum Gasteiger partial charge on any atom is -0.618 e. The number of nitrogens with zero attached hydrogens (tertiary/aromatic N) is 1. The van der Waals surface area contributed by atoms with Gasteiger partial charge in [-0.2, -0.15) is 4.73 Å². The number of hydrogen-bond acceptors (Lipinski definition) is 3. The molecule has 84 valence electrons. The maximum absolute atomic E-state index is 11.8. The zero-order valence-corrected chi connectivity index (χ0v) is 9.78. The van der Waals surface area contributed by atoms with Gasteiger partial charge in [0.2, 0.25) is 5.69 Å². The molecule has 0 saturated carbocycles. The Kier molecular flexibility index (Phi) is 2.23. The van der Waals surface area contributed by atoms with Crippen molar-refractivity contribution in [1.29, 1.82) is 0 Å². The first-order valence-corrected chi connectivity index (χ1v) is 6.09. The zero-order valence-electron chi connectivity index (χ0n) is 8.96. The second-order valence-corrected chi connectivity index (χ2v) is 4.69. The van der Waals surface area contributed by atoms with E-state index in [1.54, 1.807) is 23.5 Å². The van der Waals surface area contributed by atoms with Crippen LogP contribution in [0.15, 0.2) is 48.0 Å². The topological polar surface area (TPSA) is 53.0 Å². The van der Waals surface area contributed by atoms with Crippen LogP contribution in [0.1, 0.15) is 0 Å². The minimum atomic E-state index is 0.506. The van der Waals surface area contributed by atoms with Gasteiger partial charge in [0.1, 0.15) is 5.69 Å². The van der Waals surface area contributed by atoms with E-state index in [-0.39, 0.29) is 0 Å². The third-order valence-corrected chi connectivity index (χ3v) is 3.69. The third-order valence-electron chi connectivity index (χ3n) is 2.73. The molecule has 3 nitrogen and oxygen atoms in total. The van der Waals surface area contributed by atoms with Crippen molar-refractivity contribution in [2.45, 2.75) is 0 Å². The molecule has 3 aromatic rings. The Morgan fingerprint density at radius 1 is 1.12 bits per heavy atom. The number of pyridine rings is 1. The maximum atomic E-state index is 11.8. The molecule has 0 saturated heterocycles. The highest BCUT2D eigenvalue weighted by molar-refractivity contribution is 7.17. The lowest BCUT2D eigenvalue weighted by atomic mass is 10.1. The van der Waals surface area contributed by atoms with Crippen molar-refractivity contribution in [3.05, 3.63) is 53.2 Å². The van der Waals surface area contributed by atoms with Crippen molar-refractivity contribution in [2.24, 2.45) is 0 Å². The Balaban J connectivity index is 2.35. The molecule has 0 unspecified atom stereocenters. The smallest absolute Gasteiger partial charge is 0.248 e. The van der Waals surface area contributed by atoms with Crippen LogP contribution in [0.25, 0.3) is 21.3 Å². The summed E-state index contributed by atoms with van der Waals surface area (Å²) < 4.78 is 1.98. The number of nitrogens with two attached hydrogens (primary N) is 1. The van der Waals surface area contributed by atoms with E-state index in [9.17, 15) is 5.21 Å². The van der Waals surface area contributed by atoms with Gasteiger partial charge in [-0.05, 0) is 12.1 Å². The molecule has 0 amide bonds. The number of anilines is 1. The van der Waals surface area contributed by atoms with E-state index in [1.807, 2.05) is 29.6 Å². The van der Waals surface area contributed by atoms with Gasteiger partial charge in [0.15, 0.2) is 6.20 Å². The van der Waals surface area contributed by atoms with Crippen LogP contribution in [-0.2, 0) is 0 Å². The van der Waals surface area contributed by atoms with Crippen LogP contribution < -0.4 is 10.5 Å². The summed E-state index contributed by atoms with van der Waals surface area (Å²) >= 11 is 1.62. The molecule has 0 fully saturated rings. The molecule has 0 aliphatic heterocycles. The lowest BCUT2D eigenvalue weighted by Gasteiger charge is -2.05. The fourth-order valence-corrected chi connectivity index (χ4v) is 2.89. The first-order chi connectivity index (χ1) is 8.27. The predicted molar refractivity (Wildman–Crippen MR) is 70.6 cm³/mol. The van der Waals surface area contributed by atoms with Crippen LogP contribution >= 0.6 is 11.3 Å². The Hall–Kier alpha value is -2.07. The Labute approximate surface area is 102 Å². The maximum Gasteiger partial charge on any atom is 0.248 e. The molecule has 2 N–H and O–H groups in total. The molecule has 17 heavy (non-hydrogen) atoms. The lowest BCUT2D eigenvalue weighted by molar-refractivity contribution is -0.592. The summed E-state index contributed by atoms with van der Waals surface area (Å²) in [6.07, 6.45) is 1.47. The summed E-state index contributed by atoms with van der Waals surface area (Å²) in [7, 11) is 0. The fourth-order valence-electron chi connectivity index (χ4n) is 1.94. The number of rotatable bonds is 1.